The van der Waals surface area contributed by atoms with E-state index in [1.165, 1.54) is 43.4 Å². The molecule has 2 aliphatic rings. The zero-order valence-corrected chi connectivity index (χ0v) is 13.0. The second kappa shape index (κ2) is 7.17. The Balaban J connectivity index is 1.45. The molecular formula is C14H22N4O2S. The molecule has 3 rings (SSSR count). The fourth-order valence-electron chi connectivity index (χ4n) is 2.92. The molecule has 1 saturated carbocycles. The van der Waals surface area contributed by atoms with Gasteiger partial charge < -0.3 is 10.1 Å². The van der Waals surface area contributed by atoms with Crippen molar-refractivity contribution in [1.82, 2.24) is 15.5 Å². The number of hydrogen-bond acceptors (Lipinski definition) is 5. The molecule has 1 aromatic heterocycles. The molecule has 6 nitrogen and oxygen atoms in total. The maximum Gasteiger partial charge on any atom is 0.321 e. The number of nitrogens with one attached hydrogen (secondary N) is 2. The lowest BCUT2D eigenvalue weighted by atomic mass is 9.90. The van der Waals surface area contributed by atoms with Crippen LogP contribution in [0.15, 0.2) is 0 Å². The Labute approximate surface area is 128 Å². The van der Waals surface area contributed by atoms with Crippen molar-refractivity contribution in [2.45, 2.75) is 44.4 Å². The molecule has 0 bridgehead atoms. The maximum absolute atomic E-state index is 11.8. The molecule has 0 spiro atoms. The molecular weight excluding hydrogens is 288 g/mol. The smallest absolute Gasteiger partial charge is 0.321 e. The van der Waals surface area contributed by atoms with Crippen LogP contribution < -0.4 is 10.6 Å². The number of rotatable bonds is 4. The van der Waals surface area contributed by atoms with E-state index in [9.17, 15) is 4.79 Å². The monoisotopic (exact) mass is 310 g/mol. The van der Waals surface area contributed by atoms with Gasteiger partial charge in [-0.25, -0.2) is 4.79 Å². The van der Waals surface area contributed by atoms with E-state index in [2.05, 4.69) is 20.8 Å². The molecule has 7 heteroatoms. The lowest BCUT2D eigenvalue weighted by Gasteiger charge is -2.18. The van der Waals surface area contributed by atoms with E-state index in [0.717, 1.165) is 24.6 Å². The van der Waals surface area contributed by atoms with Gasteiger partial charge in [-0.3, -0.25) is 5.32 Å². The Morgan fingerprint density at radius 3 is 2.86 bits per heavy atom. The fourth-order valence-corrected chi connectivity index (χ4v) is 3.83. The summed E-state index contributed by atoms with van der Waals surface area (Å²) in [6, 6.07) is -0.201. The normalized spacial score (nSPS) is 23.1. The Bertz CT molecular complexity index is 467. The third kappa shape index (κ3) is 4.14. The van der Waals surface area contributed by atoms with Crippen molar-refractivity contribution in [3.63, 3.8) is 0 Å². The molecule has 0 aromatic carbocycles. The van der Waals surface area contributed by atoms with Gasteiger partial charge in [0.2, 0.25) is 5.13 Å². The molecule has 1 saturated heterocycles. The minimum Gasteiger partial charge on any atom is -0.381 e. The molecule has 21 heavy (non-hydrogen) atoms. The molecule has 1 unspecified atom stereocenters. The van der Waals surface area contributed by atoms with E-state index in [1.54, 1.807) is 0 Å². The predicted octanol–water partition coefficient (Wildman–Crippen LogP) is 2.74. The van der Waals surface area contributed by atoms with Crippen LogP contribution in [0, 0.1) is 5.92 Å². The van der Waals surface area contributed by atoms with Crippen LogP contribution in [0.1, 0.15) is 49.5 Å². The minimum atomic E-state index is -0.201. The molecule has 2 heterocycles. The van der Waals surface area contributed by atoms with Crippen LogP contribution >= 0.6 is 11.3 Å². The van der Waals surface area contributed by atoms with Crippen molar-refractivity contribution in [2.75, 3.05) is 25.1 Å². The summed E-state index contributed by atoms with van der Waals surface area (Å²) in [5.41, 5.74) is 0. The van der Waals surface area contributed by atoms with Crippen LogP contribution in [0.3, 0.4) is 0 Å². The summed E-state index contributed by atoms with van der Waals surface area (Å²) in [5.74, 6) is 0.966. The molecule has 1 aliphatic heterocycles. The third-order valence-electron chi connectivity index (χ3n) is 4.19. The van der Waals surface area contributed by atoms with Crippen LogP contribution in [0.2, 0.25) is 0 Å². The molecule has 116 valence electrons. The lowest BCUT2D eigenvalue weighted by Crippen LogP contribution is -2.33. The first-order valence-electron chi connectivity index (χ1n) is 7.77. The quantitative estimate of drug-likeness (QED) is 0.896. The van der Waals surface area contributed by atoms with Gasteiger partial charge in [-0.2, -0.15) is 0 Å². The highest BCUT2D eigenvalue weighted by Gasteiger charge is 2.20. The van der Waals surface area contributed by atoms with Gasteiger partial charge in [-0.1, -0.05) is 30.6 Å². The summed E-state index contributed by atoms with van der Waals surface area (Å²) >= 11 is 1.51. The van der Waals surface area contributed by atoms with Crippen LogP contribution in [0.25, 0.3) is 0 Å². The van der Waals surface area contributed by atoms with Gasteiger partial charge >= 0.3 is 6.03 Å². The first-order chi connectivity index (χ1) is 10.3. The first kappa shape index (κ1) is 14.7. The number of nitrogens with zero attached hydrogens (tertiary/aromatic N) is 2. The summed E-state index contributed by atoms with van der Waals surface area (Å²) in [6.45, 7) is 2.19. The van der Waals surface area contributed by atoms with Gasteiger partial charge in [0.25, 0.3) is 0 Å². The molecule has 1 aliphatic carbocycles. The van der Waals surface area contributed by atoms with E-state index in [-0.39, 0.29) is 6.03 Å². The van der Waals surface area contributed by atoms with Crippen molar-refractivity contribution in [3.05, 3.63) is 5.01 Å². The number of carbonyl (C=O) groups is 1. The van der Waals surface area contributed by atoms with Crippen LogP contribution in [-0.2, 0) is 4.74 Å². The third-order valence-corrected chi connectivity index (χ3v) is 5.19. The highest BCUT2D eigenvalue weighted by Crippen LogP contribution is 2.35. The van der Waals surface area contributed by atoms with E-state index in [4.69, 9.17) is 4.74 Å². The Morgan fingerprint density at radius 1 is 1.24 bits per heavy atom. The number of carbonyl (C=O) groups excluding carboxylic acids is 1. The van der Waals surface area contributed by atoms with Gasteiger partial charge in [0.1, 0.15) is 5.01 Å². The first-order valence-corrected chi connectivity index (χ1v) is 8.59. The predicted molar refractivity (Wildman–Crippen MR) is 81.7 cm³/mol. The number of hydrogen-bond donors (Lipinski definition) is 2. The average molecular weight is 310 g/mol. The van der Waals surface area contributed by atoms with Gasteiger partial charge in [-0.05, 0) is 19.3 Å². The van der Waals surface area contributed by atoms with Crippen LogP contribution in [0.5, 0.6) is 0 Å². The average Bonchev–Trinajstić information content (AvgIpc) is 3.17. The summed E-state index contributed by atoms with van der Waals surface area (Å²) in [4.78, 5) is 11.8. The number of amides is 2. The Hall–Kier alpha value is -1.21. The number of aromatic nitrogens is 2. The second-order valence-corrected chi connectivity index (χ2v) is 6.85. The largest absolute Gasteiger partial charge is 0.381 e. The van der Waals surface area contributed by atoms with E-state index < -0.39 is 0 Å². The second-order valence-electron chi connectivity index (χ2n) is 5.85. The van der Waals surface area contributed by atoms with Crippen LogP contribution in [0.4, 0.5) is 9.93 Å². The molecule has 1 aromatic rings. The fraction of sp³-hybridized carbons (Fsp3) is 0.786. The summed E-state index contributed by atoms with van der Waals surface area (Å²) in [6.07, 6.45) is 7.29. The van der Waals surface area contributed by atoms with E-state index >= 15 is 0 Å². The Kier molecular flexibility index (Phi) is 5.03. The summed E-state index contributed by atoms with van der Waals surface area (Å²) < 4.78 is 5.29. The van der Waals surface area contributed by atoms with Gasteiger partial charge in [0.15, 0.2) is 0 Å². The number of anilines is 1. The molecule has 2 N–H and O–H groups in total. The van der Waals surface area contributed by atoms with Crippen molar-refractivity contribution in [3.8, 4) is 0 Å². The number of ether oxygens (including phenoxy) is 1. The molecule has 1 atom stereocenters. The van der Waals surface area contributed by atoms with Crippen molar-refractivity contribution >= 4 is 22.5 Å². The number of urea groups is 1. The Morgan fingerprint density at radius 2 is 2.10 bits per heavy atom. The highest BCUT2D eigenvalue weighted by molar-refractivity contribution is 7.15. The lowest BCUT2D eigenvalue weighted by molar-refractivity contribution is 0.185. The van der Waals surface area contributed by atoms with Crippen molar-refractivity contribution < 1.29 is 9.53 Å². The summed E-state index contributed by atoms with van der Waals surface area (Å²) in [7, 11) is 0. The maximum atomic E-state index is 11.8. The SMILES string of the molecule is O=C(NCC1CCOC1)Nc1nnc(C2CCCCC2)s1. The van der Waals surface area contributed by atoms with Gasteiger partial charge in [0, 0.05) is 25.0 Å². The standard InChI is InChI=1S/C14H22N4O2S/c19-13(15-8-10-6-7-20-9-10)16-14-18-17-12(21-14)11-4-2-1-3-5-11/h10-11H,1-9H2,(H2,15,16,18,19). The zero-order valence-electron chi connectivity index (χ0n) is 12.1. The van der Waals surface area contributed by atoms with Crippen molar-refractivity contribution in [2.24, 2.45) is 5.92 Å². The minimum absolute atomic E-state index is 0.201. The molecule has 2 fully saturated rings. The highest BCUT2D eigenvalue weighted by atomic mass is 32.1. The topological polar surface area (TPSA) is 76.1 Å². The van der Waals surface area contributed by atoms with Crippen molar-refractivity contribution in [1.29, 1.82) is 0 Å². The summed E-state index contributed by atoms with van der Waals surface area (Å²) in [5, 5.41) is 15.6. The van der Waals surface area contributed by atoms with E-state index in [0.29, 0.717) is 23.5 Å². The van der Waals surface area contributed by atoms with Crippen LogP contribution in [-0.4, -0.2) is 36.0 Å². The molecule has 0 radical (unpaired) electrons. The van der Waals surface area contributed by atoms with Gasteiger partial charge in [-0.15, -0.1) is 10.2 Å². The zero-order chi connectivity index (χ0) is 14.5. The molecule has 2 amide bonds. The van der Waals surface area contributed by atoms with Gasteiger partial charge in [0.05, 0.1) is 6.61 Å². The van der Waals surface area contributed by atoms with E-state index in [1.807, 2.05) is 0 Å².